The van der Waals surface area contributed by atoms with Gasteiger partial charge in [-0.25, -0.2) is 4.98 Å². The number of H-pyrrole nitrogens is 1. The average Bonchev–Trinajstić information content (AvgIpc) is 2.95. The molecule has 1 aromatic heterocycles. The number of hydrogen-bond donors (Lipinski definition) is 2. The van der Waals surface area contributed by atoms with Gasteiger partial charge in [-0.2, -0.15) is 0 Å². The number of rotatable bonds is 5. The highest BCUT2D eigenvalue weighted by Gasteiger charge is 2.23. The van der Waals surface area contributed by atoms with E-state index in [9.17, 15) is 4.79 Å². The zero-order valence-electron chi connectivity index (χ0n) is 12.5. The molecule has 2 heterocycles. The second-order valence-corrected chi connectivity index (χ2v) is 5.58. The van der Waals surface area contributed by atoms with Gasteiger partial charge in [0.1, 0.15) is 11.6 Å². The first-order valence-electron chi connectivity index (χ1n) is 7.79. The molecule has 0 saturated carbocycles. The van der Waals surface area contributed by atoms with E-state index >= 15 is 0 Å². The van der Waals surface area contributed by atoms with Crippen molar-refractivity contribution in [2.75, 3.05) is 13.2 Å². The molecule has 0 fully saturated rings. The highest BCUT2D eigenvalue weighted by Crippen LogP contribution is 2.26. The first-order valence-corrected chi connectivity index (χ1v) is 7.79. The summed E-state index contributed by atoms with van der Waals surface area (Å²) in [7, 11) is 0. The minimum Gasteiger partial charge on any atom is -0.493 e. The quantitative estimate of drug-likeness (QED) is 0.831. The summed E-state index contributed by atoms with van der Waals surface area (Å²) in [4.78, 5) is 19.6. The van der Waals surface area contributed by atoms with Crippen LogP contribution in [0.15, 0.2) is 36.7 Å². The van der Waals surface area contributed by atoms with Crippen LogP contribution in [0.3, 0.4) is 0 Å². The Hall–Kier alpha value is -2.30. The second-order valence-electron chi connectivity index (χ2n) is 5.58. The molecule has 0 saturated heterocycles. The van der Waals surface area contributed by atoms with Gasteiger partial charge in [-0.05, 0) is 30.9 Å². The third-order valence-electron chi connectivity index (χ3n) is 3.98. The summed E-state index contributed by atoms with van der Waals surface area (Å²) < 4.78 is 5.71. The van der Waals surface area contributed by atoms with Gasteiger partial charge in [0.05, 0.1) is 6.61 Å². The number of benzene rings is 1. The predicted molar refractivity (Wildman–Crippen MR) is 83.7 cm³/mol. The van der Waals surface area contributed by atoms with Crippen LogP contribution in [0.25, 0.3) is 0 Å². The number of imidazole rings is 1. The maximum Gasteiger partial charge on any atom is 0.223 e. The summed E-state index contributed by atoms with van der Waals surface area (Å²) in [5.41, 5.74) is 1.12. The number of nitrogens with one attached hydrogen (secondary N) is 2. The van der Waals surface area contributed by atoms with Crippen LogP contribution < -0.4 is 10.1 Å². The third kappa shape index (κ3) is 3.67. The maximum absolute atomic E-state index is 12.3. The molecule has 0 spiro atoms. The van der Waals surface area contributed by atoms with Gasteiger partial charge in [0, 0.05) is 31.3 Å². The van der Waals surface area contributed by atoms with Crippen LogP contribution in [0.4, 0.5) is 0 Å². The molecule has 1 amide bonds. The van der Waals surface area contributed by atoms with E-state index in [1.165, 1.54) is 0 Å². The number of para-hydroxylation sites is 1. The van der Waals surface area contributed by atoms with Crippen molar-refractivity contribution in [3.05, 3.63) is 48.0 Å². The molecular formula is C17H21N3O2. The fourth-order valence-corrected chi connectivity index (χ4v) is 2.76. The Labute approximate surface area is 130 Å². The summed E-state index contributed by atoms with van der Waals surface area (Å²) in [6.45, 7) is 1.28. The Morgan fingerprint density at radius 2 is 2.32 bits per heavy atom. The zero-order chi connectivity index (χ0) is 15.2. The molecule has 0 bridgehead atoms. The molecule has 0 aliphatic carbocycles. The van der Waals surface area contributed by atoms with Crippen LogP contribution >= 0.6 is 0 Å². The summed E-state index contributed by atoms with van der Waals surface area (Å²) in [5.74, 6) is 1.99. The van der Waals surface area contributed by atoms with Crippen molar-refractivity contribution in [1.82, 2.24) is 15.3 Å². The maximum atomic E-state index is 12.3. The molecule has 5 nitrogen and oxygen atoms in total. The van der Waals surface area contributed by atoms with E-state index in [-0.39, 0.29) is 11.8 Å². The molecule has 1 aromatic carbocycles. The van der Waals surface area contributed by atoms with Crippen LogP contribution in [-0.2, 0) is 17.6 Å². The summed E-state index contributed by atoms with van der Waals surface area (Å²) in [5, 5.41) is 3.04. The monoisotopic (exact) mass is 299 g/mol. The van der Waals surface area contributed by atoms with Crippen molar-refractivity contribution in [2.45, 2.75) is 25.7 Å². The first kappa shape index (κ1) is 14.6. The largest absolute Gasteiger partial charge is 0.493 e. The highest BCUT2D eigenvalue weighted by molar-refractivity contribution is 5.79. The lowest BCUT2D eigenvalue weighted by molar-refractivity contribution is -0.125. The van der Waals surface area contributed by atoms with E-state index in [0.717, 1.165) is 42.8 Å². The van der Waals surface area contributed by atoms with Crippen LogP contribution in [-0.4, -0.2) is 29.0 Å². The Morgan fingerprint density at radius 1 is 1.41 bits per heavy atom. The number of ether oxygens (including phenoxy) is 1. The molecule has 22 heavy (non-hydrogen) atoms. The first-order chi connectivity index (χ1) is 10.8. The lowest BCUT2D eigenvalue weighted by Gasteiger charge is -2.13. The van der Waals surface area contributed by atoms with Crippen molar-refractivity contribution in [1.29, 1.82) is 0 Å². The van der Waals surface area contributed by atoms with Crippen LogP contribution in [0.1, 0.15) is 24.2 Å². The number of carbonyl (C=O) groups is 1. The van der Waals surface area contributed by atoms with Gasteiger partial charge in [0.15, 0.2) is 0 Å². The molecule has 2 aromatic rings. The topological polar surface area (TPSA) is 67.0 Å². The van der Waals surface area contributed by atoms with Crippen molar-refractivity contribution >= 4 is 5.91 Å². The number of nitrogens with zero attached hydrogens (tertiary/aromatic N) is 1. The molecule has 0 unspecified atom stereocenters. The van der Waals surface area contributed by atoms with E-state index in [4.69, 9.17) is 4.74 Å². The highest BCUT2D eigenvalue weighted by atomic mass is 16.5. The molecule has 1 atom stereocenters. The van der Waals surface area contributed by atoms with E-state index < -0.39 is 0 Å². The molecule has 2 N–H and O–H groups in total. The lowest BCUT2D eigenvalue weighted by Crippen LogP contribution is -2.33. The van der Waals surface area contributed by atoms with Crippen molar-refractivity contribution < 1.29 is 9.53 Å². The van der Waals surface area contributed by atoms with E-state index in [2.05, 4.69) is 15.3 Å². The minimum atomic E-state index is -0.00716. The lowest BCUT2D eigenvalue weighted by atomic mass is 9.96. The molecule has 116 valence electrons. The molecule has 1 aliphatic rings. The average molecular weight is 299 g/mol. The van der Waals surface area contributed by atoms with E-state index in [0.29, 0.717) is 13.2 Å². The SMILES string of the molecule is O=C(NCCCc1ncc[nH]1)[C@@H]1CCOc2ccccc2C1. The van der Waals surface area contributed by atoms with Gasteiger partial charge in [0.2, 0.25) is 5.91 Å². The van der Waals surface area contributed by atoms with Crippen LogP contribution in [0, 0.1) is 5.92 Å². The number of amides is 1. The Morgan fingerprint density at radius 3 is 3.18 bits per heavy atom. The molecule has 0 radical (unpaired) electrons. The predicted octanol–water partition coefficient (Wildman–Crippen LogP) is 2.10. The van der Waals surface area contributed by atoms with Crippen LogP contribution in [0.2, 0.25) is 0 Å². The van der Waals surface area contributed by atoms with Gasteiger partial charge in [-0.15, -0.1) is 0 Å². The van der Waals surface area contributed by atoms with Crippen molar-refractivity contribution in [3.63, 3.8) is 0 Å². The van der Waals surface area contributed by atoms with Gasteiger partial charge >= 0.3 is 0 Å². The van der Waals surface area contributed by atoms with E-state index in [1.54, 1.807) is 6.20 Å². The second kappa shape index (κ2) is 7.11. The number of carbonyl (C=O) groups excluding carboxylic acids is 1. The number of aryl methyl sites for hydroxylation is 1. The standard InChI is InChI=1S/C17H21N3O2/c21-17(20-8-3-6-16-18-9-10-19-16)14-7-11-22-15-5-2-1-4-13(15)12-14/h1-2,4-5,9-10,14H,3,6-8,11-12H2,(H,18,19)(H,20,21)/t14-/m1/s1. The van der Waals surface area contributed by atoms with Gasteiger partial charge < -0.3 is 15.0 Å². The van der Waals surface area contributed by atoms with E-state index in [1.807, 2.05) is 30.5 Å². The summed E-state index contributed by atoms with van der Waals surface area (Å²) >= 11 is 0. The molecule has 1 aliphatic heterocycles. The smallest absolute Gasteiger partial charge is 0.223 e. The fourth-order valence-electron chi connectivity index (χ4n) is 2.76. The van der Waals surface area contributed by atoms with Crippen molar-refractivity contribution in [3.8, 4) is 5.75 Å². The number of hydrogen-bond acceptors (Lipinski definition) is 3. The number of aromatic amines is 1. The molecular weight excluding hydrogens is 278 g/mol. The van der Waals surface area contributed by atoms with Gasteiger partial charge in [0.25, 0.3) is 0 Å². The zero-order valence-corrected chi connectivity index (χ0v) is 12.5. The van der Waals surface area contributed by atoms with Crippen LogP contribution in [0.5, 0.6) is 5.75 Å². The fraction of sp³-hybridized carbons (Fsp3) is 0.412. The Balaban J connectivity index is 1.48. The number of aromatic nitrogens is 2. The summed E-state index contributed by atoms with van der Waals surface area (Å²) in [6.07, 6.45) is 6.82. The molecule has 5 heteroatoms. The molecule has 3 rings (SSSR count). The Bertz CT molecular complexity index is 610. The van der Waals surface area contributed by atoms with Gasteiger partial charge in [-0.1, -0.05) is 18.2 Å². The normalized spacial score (nSPS) is 17.2. The Kier molecular flexibility index (Phi) is 4.73. The summed E-state index contributed by atoms with van der Waals surface area (Å²) in [6, 6.07) is 7.97. The van der Waals surface area contributed by atoms with Crippen molar-refractivity contribution in [2.24, 2.45) is 5.92 Å². The minimum absolute atomic E-state index is 0.00716. The number of fused-ring (bicyclic) bond motifs is 1. The third-order valence-corrected chi connectivity index (χ3v) is 3.98. The van der Waals surface area contributed by atoms with Gasteiger partial charge in [-0.3, -0.25) is 4.79 Å².